The number of pyridine rings is 1. The van der Waals surface area contributed by atoms with Gasteiger partial charge in [0.2, 0.25) is 0 Å². The van der Waals surface area contributed by atoms with Gasteiger partial charge in [-0.15, -0.1) is 11.3 Å². The fourth-order valence-electron chi connectivity index (χ4n) is 2.75. The molecular weight excluding hydrogens is 298 g/mol. The van der Waals surface area contributed by atoms with Gasteiger partial charge in [0.1, 0.15) is 5.82 Å². The number of aliphatic hydroxyl groups excluding tert-OH is 1. The highest BCUT2D eigenvalue weighted by atomic mass is 32.1. The second-order valence-corrected chi connectivity index (χ2v) is 6.47. The van der Waals surface area contributed by atoms with Crippen LogP contribution in [0.4, 0.5) is 11.5 Å². The van der Waals surface area contributed by atoms with Crippen molar-refractivity contribution in [1.29, 1.82) is 5.41 Å². The SMILES string of the molecule is N=C/C=C(\N)c1cc2nc(N)cc(N3CCCC(O)C3)c2s1. The first kappa shape index (κ1) is 14.8. The average Bonchev–Trinajstić information content (AvgIpc) is 2.90. The Labute approximate surface area is 132 Å². The summed E-state index contributed by atoms with van der Waals surface area (Å²) in [5, 5.41) is 17.0. The summed E-state index contributed by atoms with van der Waals surface area (Å²) in [6.07, 6.45) is 4.21. The Morgan fingerprint density at radius 1 is 1.50 bits per heavy atom. The van der Waals surface area contributed by atoms with Gasteiger partial charge in [0.15, 0.2) is 0 Å². The highest BCUT2D eigenvalue weighted by molar-refractivity contribution is 7.20. The number of nitrogens with zero attached hydrogens (tertiary/aromatic N) is 2. The molecule has 1 fully saturated rings. The van der Waals surface area contributed by atoms with Crippen LogP contribution in [0, 0.1) is 5.41 Å². The zero-order chi connectivity index (χ0) is 15.7. The molecule has 0 bridgehead atoms. The van der Waals surface area contributed by atoms with E-state index in [-0.39, 0.29) is 6.10 Å². The van der Waals surface area contributed by atoms with E-state index in [4.69, 9.17) is 16.9 Å². The summed E-state index contributed by atoms with van der Waals surface area (Å²) >= 11 is 1.54. The van der Waals surface area contributed by atoms with Crippen molar-refractivity contribution in [3.05, 3.63) is 23.1 Å². The monoisotopic (exact) mass is 317 g/mol. The summed E-state index contributed by atoms with van der Waals surface area (Å²) in [6, 6.07) is 3.76. The average molecular weight is 317 g/mol. The van der Waals surface area contributed by atoms with E-state index in [1.54, 1.807) is 6.08 Å². The smallest absolute Gasteiger partial charge is 0.126 e. The van der Waals surface area contributed by atoms with Gasteiger partial charge < -0.3 is 26.9 Å². The number of rotatable bonds is 3. The molecule has 1 unspecified atom stereocenters. The first-order valence-corrected chi connectivity index (χ1v) is 8.00. The minimum Gasteiger partial charge on any atom is -0.398 e. The summed E-state index contributed by atoms with van der Waals surface area (Å²) < 4.78 is 1.01. The summed E-state index contributed by atoms with van der Waals surface area (Å²) in [4.78, 5) is 7.40. The number of fused-ring (bicyclic) bond motifs is 1. The van der Waals surface area contributed by atoms with Crippen molar-refractivity contribution in [2.24, 2.45) is 5.73 Å². The maximum atomic E-state index is 9.91. The quantitative estimate of drug-likeness (QED) is 0.645. The topological polar surface area (TPSA) is 112 Å². The lowest BCUT2D eigenvalue weighted by atomic mass is 10.1. The number of thiophene rings is 1. The maximum absolute atomic E-state index is 9.91. The highest BCUT2D eigenvalue weighted by Crippen LogP contribution is 2.37. The standard InChI is InChI=1S/C15H19N5OS/c16-4-3-10(17)13-6-11-15(22-13)12(7-14(18)19-11)20-5-1-2-9(21)8-20/h3-4,6-7,9,16,21H,1-2,5,8,17H2,(H2,18,19)/b10-3-,16-4?. The molecule has 116 valence electrons. The van der Waals surface area contributed by atoms with Crippen LogP contribution in [0.2, 0.25) is 0 Å². The lowest BCUT2D eigenvalue weighted by Crippen LogP contribution is -2.38. The zero-order valence-corrected chi connectivity index (χ0v) is 12.9. The predicted molar refractivity (Wildman–Crippen MR) is 92.4 cm³/mol. The number of β-amino-alcohol motifs (C(OH)–C–C–N with tert-alkyl or cyclic N) is 1. The summed E-state index contributed by atoms with van der Waals surface area (Å²) in [5.74, 6) is 0.460. The number of nitrogen functional groups attached to an aromatic ring is 1. The van der Waals surface area contributed by atoms with Crippen molar-refractivity contribution in [2.45, 2.75) is 18.9 Å². The molecular formula is C15H19N5OS. The van der Waals surface area contributed by atoms with E-state index in [1.807, 2.05) is 12.1 Å². The summed E-state index contributed by atoms with van der Waals surface area (Å²) in [7, 11) is 0. The molecule has 2 aromatic heterocycles. The molecule has 2 aromatic rings. The number of anilines is 2. The van der Waals surface area contributed by atoms with Crippen LogP contribution in [0.15, 0.2) is 18.2 Å². The Kier molecular flexibility index (Phi) is 4.00. The van der Waals surface area contributed by atoms with Crippen molar-refractivity contribution in [1.82, 2.24) is 4.98 Å². The van der Waals surface area contributed by atoms with E-state index in [2.05, 4.69) is 9.88 Å². The Hall–Kier alpha value is -2.12. The molecule has 0 saturated carbocycles. The van der Waals surface area contributed by atoms with Gasteiger partial charge in [0.05, 0.1) is 32.6 Å². The van der Waals surface area contributed by atoms with Gasteiger partial charge in [-0.05, 0) is 25.0 Å². The number of allylic oxidation sites excluding steroid dienone is 1. The molecule has 3 heterocycles. The third kappa shape index (κ3) is 2.77. The molecule has 0 radical (unpaired) electrons. The van der Waals surface area contributed by atoms with E-state index in [9.17, 15) is 5.11 Å². The van der Waals surface area contributed by atoms with Crippen molar-refractivity contribution in [3.63, 3.8) is 0 Å². The van der Waals surface area contributed by atoms with Crippen molar-refractivity contribution in [2.75, 3.05) is 23.7 Å². The molecule has 1 aliphatic heterocycles. The number of hydrogen-bond acceptors (Lipinski definition) is 7. The third-order valence-electron chi connectivity index (χ3n) is 3.76. The molecule has 0 aromatic carbocycles. The molecule has 1 aliphatic rings. The fourth-order valence-corrected chi connectivity index (χ4v) is 3.83. The van der Waals surface area contributed by atoms with Crippen LogP contribution in [-0.4, -0.2) is 35.5 Å². The fraction of sp³-hybridized carbons (Fsp3) is 0.333. The number of piperidine rings is 1. The lowest BCUT2D eigenvalue weighted by Gasteiger charge is -2.32. The van der Waals surface area contributed by atoms with Gasteiger partial charge in [-0.3, -0.25) is 0 Å². The van der Waals surface area contributed by atoms with Crippen LogP contribution in [0.25, 0.3) is 15.9 Å². The normalized spacial score (nSPS) is 19.6. The number of hydrogen-bond donors (Lipinski definition) is 4. The van der Waals surface area contributed by atoms with Crippen LogP contribution in [0.1, 0.15) is 17.7 Å². The van der Waals surface area contributed by atoms with E-state index in [0.29, 0.717) is 18.1 Å². The predicted octanol–water partition coefficient (Wildman–Crippen LogP) is 1.79. The maximum Gasteiger partial charge on any atom is 0.126 e. The van der Waals surface area contributed by atoms with E-state index < -0.39 is 0 Å². The molecule has 1 saturated heterocycles. The van der Waals surface area contributed by atoms with E-state index in [1.165, 1.54) is 17.6 Å². The van der Waals surface area contributed by atoms with Crippen LogP contribution < -0.4 is 16.4 Å². The number of aromatic nitrogens is 1. The molecule has 6 nitrogen and oxygen atoms in total. The largest absolute Gasteiger partial charge is 0.398 e. The van der Waals surface area contributed by atoms with Gasteiger partial charge in [-0.2, -0.15) is 0 Å². The molecule has 3 rings (SSSR count). The molecule has 0 amide bonds. The number of nitrogens with two attached hydrogens (primary N) is 2. The van der Waals surface area contributed by atoms with Crippen LogP contribution in [-0.2, 0) is 0 Å². The minimum atomic E-state index is -0.305. The zero-order valence-electron chi connectivity index (χ0n) is 12.1. The second-order valence-electron chi connectivity index (χ2n) is 5.42. The molecule has 0 spiro atoms. The Balaban J connectivity index is 2.09. The molecule has 7 heteroatoms. The lowest BCUT2D eigenvalue weighted by molar-refractivity contribution is 0.154. The Morgan fingerprint density at radius 2 is 2.32 bits per heavy atom. The van der Waals surface area contributed by atoms with Crippen LogP contribution in [0.5, 0.6) is 0 Å². The summed E-state index contributed by atoms with van der Waals surface area (Å²) in [6.45, 7) is 1.51. The molecule has 1 atom stereocenters. The van der Waals surface area contributed by atoms with Crippen molar-refractivity contribution in [3.8, 4) is 0 Å². The van der Waals surface area contributed by atoms with Gasteiger partial charge >= 0.3 is 0 Å². The van der Waals surface area contributed by atoms with E-state index in [0.717, 1.165) is 40.2 Å². The Bertz CT molecular complexity index is 739. The van der Waals surface area contributed by atoms with Gasteiger partial charge in [-0.1, -0.05) is 0 Å². The van der Waals surface area contributed by atoms with Crippen LogP contribution in [0.3, 0.4) is 0 Å². The number of nitrogens with one attached hydrogen (secondary N) is 1. The van der Waals surface area contributed by atoms with Crippen molar-refractivity contribution >= 4 is 45.0 Å². The first-order valence-electron chi connectivity index (χ1n) is 7.18. The third-order valence-corrected chi connectivity index (χ3v) is 4.96. The molecule has 6 N–H and O–H groups in total. The van der Waals surface area contributed by atoms with Gasteiger partial charge in [0.25, 0.3) is 0 Å². The van der Waals surface area contributed by atoms with E-state index >= 15 is 0 Å². The highest BCUT2D eigenvalue weighted by Gasteiger charge is 2.21. The van der Waals surface area contributed by atoms with Crippen molar-refractivity contribution < 1.29 is 5.11 Å². The minimum absolute atomic E-state index is 0.305. The summed E-state index contributed by atoms with van der Waals surface area (Å²) in [5.41, 5.74) is 14.2. The molecule has 0 aliphatic carbocycles. The Morgan fingerprint density at radius 3 is 3.05 bits per heavy atom. The molecule has 22 heavy (non-hydrogen) atoms. The second kappa shape index (κ2) is 5.94. The van der Waals surface area contributed by atoms with Crippen LogP contribution >= 0.6 is 11.3 Å². The van der Waals surface area contributed by atoms with Gasteiger partial charge in [-0.25, -0.2) is 4.98 Å². The van der Waals surface area contributed by atoms with Gasteiger partial charge in [0, 0.05) is 25.4 Å². The first-order chi connectivity index (χ1) is 10.6. The number of aliphatic hydroxyl groups is 1.